The fourth-order valence-corrected chi connectivity index (χ4v) is 3.99. The highest BCUT2D eigenvalue weighted by atomic mass is 35.5. The summed E-state index contributed by atoms with van der Waals surface area (Å²) in [5, 5.41) is 15.2. The van der Waals surface area contributed by atoms with Gasteiger partial charge in [-0.1, -0.05) is 44.1 Å². The summed E-state index contributed by atoms with van der Waals surface area (Å²) in [5.74, 6) is -0.441. The normalized spacial score (nSPS) is 11.5. The molecule has 1 N–H and O–H groups in total. The summed E-state index contributed by atoms with van der Waals surface area (Å²) in [7, 11) is 0. The second-order valence-corrected chi connectivity index (χ2v) is 9.47. The molecule has 0 atom stereocenters. The van der Waals surface area contributed by atoms with E-state index in [0.717, 1.165) is 4.90 Å². The van der Waals surface area contributed by atoms with Crippen molar-refractivity contribution < 1.29 is 14.3 Å². The van der Waals surface area contributed by atoms with E-state index in [-0.39, 0.29) is 12.0 Å². The van der Waals surface area contributed by atoms with Gasteiger partial charge in [0.25, 0.3) is 0 Å². The van der Waals surface area contributed by atoms with Crippen molar-refractivity contribution in [1.82, 2.24) is 19.7 Å². The lowest BCUT2D eigenvalue weighted by molar-refractivity contribution is 0.122. The van der Waals surface area contributed by atoms with Gasteiger partial charge in [-0.2, -0.15) is 5.10 Å². The van der Waals surface area contributed by atoms with Crippen LogP contribution in [0.4, 0.5) is 9.18 Å². The lowest BCUT2D eigenvalue weighted by Gasteiger charge is -2.27. The molecule has 0 aliphatic carbocycles. The Balaban J connectivity index is 2.01. The molecule has 6 nitrogen and oxygen atoms in total. The molecule has 0 saturated carbocycles. The van der Waals surface area contributed by atoms with Crippen molar-refractivity contribution in [2.45, 2.75) is 37.2 Å². The number of pyridine rings is 1. The number of aromatic nitrogens is 3. The highest BCUT2D eigenvalue weighted by molar-refractivity contribution is 7.99. The van der Waals surface area contributed by atoms with Gasteiger partial charge in [0.1, 0.15) is 10.8 Å². The van der Waals surface area contributed by atoms with Crippen molar-refractivity contribution in [3.8, 4) is 5.69 Å². The van der Waals surface area contributed by atoms with Gasteiger partial charge in [0.15, 0.2) is 0 Å². The molecule has 3 rings (SSSR count). The molecule has 3 aromatic rings. The average Bonchev–Trinajstić information content (AvgIpc) is 3.05. The number of benzene rings is 1. The van der Waals surface area contributed by atoms with Crippen molar-refractivity contribution in [2.24, 2.45) is 5.41 Å². The first-order valence-electron chi connectivity index (χ1n) is 9.22. The third-order valence-electron chi connectivity index (χ3n) is 4.01. The lowest BCUT2D eigenvalue weighted by atomic mass is 9.96. The van der Waals surface area contributed by atoms with Crippen LogP contribution in [0.1, 0.15) is 26.5 Å². The van der Waals surface area contributed by atoms with Crippen LogP contribution < -0.4 is 0 Å². The molecule has 9 heteroatoms. The molecule has 30 heavy (non-hydrogen) atoms. The van der Waals surface area contributed by atoms with Crippen molar-refractivity contribution in [3.05, 3.63) is 65.3 Å². The zero-order chi connectivity index (χ0) is 21.9. The summed E-state index contributed by atoms with van der Waals surface area (Å²) in [4.78, 5) is 18.0. The van der Waals surface area contributed by atoms with E-state index in [0.29, 0.717) is 28.0 Å². The topological polar surface area (TPSA) is 71.2 Å². The quantitative estimate of drug-likeness (QED) is 0.520. The maximum Gasteiger partial charge on any atom is 0.407 e. The number of carboxylic acid groups (broad SMARTS) is 1. The number of halogens is 2. The van der Waals surface area contributed by atoms with Crippen LogP contribution in [0, 0.1) is 11.2 Å². The standard InChI is InChI=1S/C21H22ClFN4O2S/c1-21(2,3)13-26(20(28)29)12-15-10-19(30-16-5-4-8-24-11-16)27(25-15)18-9-14(23)6-7-17(18)22/h4-11H,12-13H2,1-3H3,(H,28,29). The second kappa shape index (κ2) is 9.06. The van der Waals surface area contributed by atoms with Gasteiger partial charge in [-0.05, 0) is 35.7 Å². The van der Waals surface area contributed by atoms with Crippen LogP contribution in [-0.4, -0.2) is 37.4 Å². The second-order valence-electron chi connectivity index (χ2n) is 7.97. The molecule has 0 unspecified atom stereocenters. The van der Waals surface area contributed by atoms with Gasteiger partial charge in [0.2, 0.25) is 0 Å². The fraction of sp³-hybridized carbons (Fsp3) is 0.286. The van der Waals surface area contributed by atoms with Crippen LogP contribution in [-0.2, 0) is 6.54 Å². The van der Waals surface area contributed by atoms with E-state index < -0.39 is 11.9 Å². The first kappa shape index (κ1) is 22.1. The summed E-state index contributed by atoms with van der Waals surface area (Å²) in [6.45, 7) is 6.36. The largest absolute Gasteiger partial charge is 0.465 e. The molecule has 0 spiro atoms. The lowest BCUT2D eigenvalue weighted by Crippen LogP contribution is -2.36. The molecular formula is C21H22ClFN4O2S. The molecule has 1 aromatic carbocycles. The van der Waals surface area contributed by atoms with Gasteiger partial charge in [0.05, 0.1) is 22.9 Å². The molecular weight excluding hydrogens is 427 g/mol. The average molecular weight is 449 g/mol. The highest BCUT2D eigenvalue weighted by Gasteiger charge is 2.23. The van der Waals surface area contributed by atoms with E-state index in [2.05, 4.69) is 10.1 Å². The van der Waals surface area contributed by atoms with Crippen LogP contribution >= 0.6 is 23.4 Å². The molecule has 2 heterocycles. The Morgan fingerprint density at radius 3 is 2.70 bits per heavy atom. The Hall–Kier alpha value is -2.58. The summed E-state index contributed by atoms with van der Waals surface area (Å²) < 4.78 is 15.4. The number of hydrogen-bond acceptors (Lipinski definition) is 4. The van der Waals surface area contributed by atoms with Gasteiger partial charge in [-0.15, -0.1) is 0 Å². The summed E-state index contributed by atoms with van der Waals surface area (Å²) in [5.41, 5.74) is 0.709. The zero-order valence-corrected chi connectivity index (χ0v) is 18.4. The number of hydrogen-bond donors (Lipinski definition) is 1. The maximum atomic E-state index is 13.9. The summed E-state index contributed by atoms with van der Waals surface area (Å²) in [6.07, 6.45) is 2.36. The van der Waals surface area contributed by atoms with E-state index >= 15 is 0 Å². The van der Waals surface area contributed by atoms with Gasteiger partial charge in [-0.3, -0.25) is 4.98 Å². The van der Waals surface area contributed by atoms with Crippen LogP contribution in [0.3, 0.4) is 0 Å². The molecule has 2 aromatic heterocycles. The molecule has 0 radical (unpaired) electrons. The van der Waals surface area contributed by atoms with E-state index in [9.17, 15) is 14.3 Å². The van der Waals surface area contributed by atoms with Crippen molar-refractivity contribution in [3.63, 3.8) is 0 Å². The van der Waals surface area contributed by atoms with Gasteiger partial charge < -0.3 is 10.0 Å². The van der Waals surface area contributed by atoms with Gasteiger partial charge in [0, 0.05) is 29.9 Å². The molecule has 0 aliphatic heterocycles. The molecule has 0 saturated heterocycles. The maximum absolute atomic E-state index is 13.9. The number of amides is 1. The fourth-order valence-electron chi connectivity index (χ4n) is 2.87. The smallest absolute Gasteiger partial charge is 0.407 e. The van der Waals surface area contributed by atoms with Crippen LogP contribution in [0.2, 0.25) is 5.02 Å². The number of rotatable bonds is 6. The minimum Gasteiger partial charge on any atom is -0.465 e. The Labute approximate surface area is 183 Å². The highest BCUT2D eigenvalue weighted by Crippen LogP contribution is 2.32. The van der Waals surface area contributed by atoms with Crippen molar-refractivity contribution >= 4 is 29.5 Å². The van der Waals surface area contributed by atoms with Crippen LogP contribution in [0.5, 0.6) is 0 Å². The predicted octanol–water partition coefficient (Wildman–Crippen LogP) is 5.74. The Morgan fingerprint density at radius 1 is 1.30 bits per heavy atom. The SMILES string of the molecule is CC(C)(C)CN(Cc1cc(Sc2cccnc2)n(-c2cc(F)ccc2Cl)n1)C(=O)O. The van der Waals surface area contributed by atoms with Crippen molar-refractivity contribution in [1.29, 1.82) is 0 Å². The minimum atomic E-state index is -1.02. The molecule has 0 bridgehead atoms. The number of nitrogens with zero attached hydrogens (tertiary/aromatic N) is 4. The molecule has 1 amide bonds. The van der Waals surface area contributed by atoms with Crippen LogP contribution in [0.15, 0.2) is 58.7 Å². The number of carbonyl (C=O) groups is 1. The molecule has 0 fully saturated rings. The molecule has 158 valence electrons. The van der Waals surface area contributed by atoms with E-state index in [1.54, 1.807) is 18.5 Å². The van der Waals surface area contributed by atoms with Crippen molar-refractivity contribution in [2.75, 3.05) is 6.54 Å². The van der Waals surface area contributed by atoms with E-state index in [1.165, 1.54) is 39.5 Å². The Bertz CT molecular complexity index is 1040. The van der Waals surface area contributed by atoms with Gasteiger partial charge >= 0.3 is 6.09 Å². The third kappa shape index (κ3) is 5.73. The monoisotopic (exact) mass is 448 g/mol. The summed E-state index contributed by atoms with van der Waals surface area (Å²) >= 11 is 7.69. The summed E-state index contributed by atoms with van der Waals surface area (Å²) in [6, 6.07) is 9.54. The minimum absolute atomic E-state index is 0.104. The van der Waals surface area contributed by atoms with E-state index in [1.807, 2.05) is 32.9 Å². The Kier molecular flexibility index (Phi) is 6.67. The predicted molar refractivity (Wildman–Crippen MR) is 115 cm³/mol. The zero-order valence-electron chi connectivity index (χ0n) is 16.8. The first-order chi connectivity index (χ1) is 14.1. The van der Waals surface area contributed by atoms with E-state index in [4.69, 9.17) is 11.6 Å². The first-order valence-corrected chi connectivity index (χ1v) is 10.4. The Morgan fingerprint density at radius 2 is 2.07 bits per heavy atom. The van der Waals surface area contributed by atoms with Gasteiger partial charge in [-0.25, -0.2) is 13.9 Å². The van der Waals surface area contributed by atoms with Crippen LogP contribution in [0.25, 0.3) is 5.69 Å². The third-order valence-corrected chi connectivity index (χ3v) is 5.31. The molecule has 0 aliphatic rings.